The van der Waals surface area contributed by atoms with Gasteiger partial charge in [0.1, 0.15) is 0 Å². The SMILES string of the molecule is CC(C)C1C[C@H](O)C(C)C[C@H]1CCl. The fourth-order valence-electron chi connectivity index (χ4n) is 2.51. The predicted molar refractivity (Wildman–Crippen MR) is 56.9 cm³/mol. The fraction of sp³-hybridized carbons (Fsp3) is 1.00. The smallest absolute Gasteiger partial charge is 0.0568 e. The number of rotatable bonds is 2. The summed E-state index contributed by atoms with van der Waals surface area (Å²) in [4.78, 5) is 0. The minimum Gasteiger partial charge on any atom is -0.393 e. The van der Waals surface area contributed by atoms with Crippen LogP contribution in [0.4, 0.5) is 0 Å². The molecule has 0 saturated heterocycles. The fourth-order valence-corrected chi connectivity index (χ4v) is 2.86. The molecule has 78 valence electrons. The predicted octanol–water partition coefficient (Wildman–Crippen LogP) is 2.90. The molecule has 1 N–H and O–H groups in total. The summed E-state index contributed by atoms with van der Waals surface area (Å²) < 4.78 is 0. The first-order valence-corrected chi connectivity index (χ1v) is 5.83. The van der Waals surface area contributed by atoms with E-state index in [-0.39, 0.29) is 6.10 Å². The minimum atomic E-state index is -0.105. The monoisotopic (exact) mass is 204 g/mol. The molecule has 1 aliphatic rings. The molecule has 2 heteroatoms. The molecule has 1 nitrogen and oxygen atoms in total. The van der Waals surface area contributed by atoms with Crippen molar-refractivity contribution in [1.29, 1.82) is 0 Å². The van der Waals surface area contributed by atoms with Gasteiger partial charge in [-0.05, 0) is 36.5 Å². The Balaban J connectivity index is 2.61. The summed E-state index contributed by atoms with van der Waals surface area (Å²) in [6.07, 6.45) is 1.93. The van der Waals surface area contributed by atoms with Crippen molar-refractivity contribution >= 4 is 11.6 Å². The van der Waals surface area contributed by atoms with Crippen LogP contribution in [0.5, 0.6) is 0 Å². The Kier molecular flexibility index (Phi) is 4.06. The van der Waals surface area contributed by atoms with Crippen LogP contribution in [-0.2, 0) is 0 Å². The van der Waals surface area contributed by atoms with Crippen molar-refractivity contribution in [3.63, 3.8) is 0 Å². The first-order valence-electron chi connectivity index (χ1n) is 5.30. The lowest BCUT2D eigenvalue weighted by molar-refractivity contribution is 0.0137. The Morgan fingerprint density at radius 1 is 1.38 bits per heavy atom. The van der Waals surface area contributed by atoms with Crippen molar-refractivity contribution in [2.75, 3.05) is 5.88 Å². The number of halogens is 1. The molecule has 0 aromatic heterocycles. The van der Waals surface area contributed by atoms with Crippen LogP contribution in [0, 0.1) is 23.7 Å². The first-order chi connectivity index (χ1) is 6.06. The quantitative estimate of drug-likeness (QED) is 0.686. The highest BCUT2D eigenvalue weighted by molar-refractivity contribution is 6.18. The maximum Gasteiger partial charge on any atom is 0.0568 e. The zero-order valence-corrected chi connectivity index (χ0v) is 9.59. The Labute approximate surface area is 86.5 Å². The topological polar surface area (TPSA) is 20.2 Å². The van der Waals surface area contributed by atoms with Crippen LogP contribution in [-0.4, -0.2) is 17.1 Å². The van der Waals surface area contributed by atoms with Gasteiger partial charge in [-0.15, -0.1) is 11.6 Å². The summed E-state index contributed by atoms with van der Waals surface area (Å²) >= 11 is 5.95. The highest BCUT2D eigenvalue weighted by Crippen LogP contribution is 2.38. The van der Waals surface area contributed by atoms with Crippen molar-refractivity contribution in [2.24, 2.45) is 23.7 Å². The molecule has 1 saturated carbocycles. The summed E-state index contributed by atoms with van der Waals surface area (Å²) in [6, 6.07) is 0. The van der Waals surface area contributed by atoms with Crippen molar-refractivity contribution < 1.29 is 5.11 Å². The second-order valence-corrected chi connectivity index (χ2v) is 5.15. The Bertz CT molecular complexity index is 158. The van der Waals surface area contributed by atoms with Crippen LogP contribution in [0.3, 0.4) is 0 Å². The third kappa shape index (κ3) is 2.60. The van der Waals surface area contributed by atoms with E-state index in [4.69, 9.17) is 11.6 Å². The van der Waals surface area contributed by atoms with Crippen molar-refractivity contribution in [3.05, 3.63) is 0 Å². The molecular formula is C11H21ClO. The average molecular weight is 205 g/mol. The lowest BCUT2D eigenvalue weighted by Crippen LogP contribution is -2.37. The standard InChI is InChI=1S/C11H21ClO/c1-7(2)10-5-11(13)8(3)4-9(10)6-12/h7-11,13H,4-6H2,1-3H3/t8?,9-,10?,11-/m0/s1. The molecule has 0 radical (unpaired) electrons. The van der Waals surface area contributed by atoms with E-state index in [0.717, 1.165) is 18.7 Å². The van der Waals surface area contributed by atoms with Crippen LogP contribution in [0.2, 0.25) is 0 Å². The largest absolute Gasteiger partial charge is 0.393 e. The number of alkyl halides is 1. The van der Waals surface area contributed by atoms with Gasteiger partial charge in [0.2, 0.25) is 0 Å². The summed E-state index contributed by atoms with van der Waals surface area (Å²) in [5.74, 6) is 3.05. The molecule has 1 fully saturated rings. The molecule has 0 aliphatic heterocycles. The number of hydrogen-bond acceptors (Lipinski definition) is 1. The molecule has 0 amide bonds. The zero-order chi connectivity index (χ0) is 10.0. The van der Waals surface area contributed by atoms with Gasteiger partial charge in [-0.1, -0.05) is 20.8 Å². The van der Waals surface area contributed by atoms with E-state index in [1.807, 2.05) is 0 Å². The van der Waals surface area contributed by atoms with E-state index in [9.17, 15) is 5.11 Å². The number of aliphatic hydroxyl groups excluding tert-OH is 1. The van der Waals surface area contributed by atoms with Gasteiger partial charge in [-0.3, -0.25) is 0 Å². The van der Waals surface area contributed by atoms with Crippen molar-refractivity contribution in [2.45, 2.75) is 39.7 Å². The second-order valence-electron chi connectivity index (χ2n) is 4.84. The molecule has 0 aromatic rings. The molecule has 0 spiro atoms. The second kappa shape index (κ2) is 4.65. The summed E-state index contributed by atoms with van der Waals surface area (Å²) in [5, 5.41) is 9.77. The Hall–Kier alpha value is 0.250. The normalized spacial score (nSPS) is 41.1. The van der Waals surface area contributed by atoms with Crippen molar-refractivity contribution in [1.82, 2.24) is 0 Å². The maximum absolute atomic E-state index is 9.77. The van der Waals surface area contributed by atoms with Crippen LogP contribution in [0.15, 0.2) is 0 Å². The van der Waals surface area contributed by atoms with Gasteiger partial charge < -0.3 is 5.11 Å². The van der Waals surface area contributed by atoms with Crippen molar-refractivity contribution in [3.8, 4) is 0 Å². The Morgan fingerprint density at radius 2 is 2.00 bits per heavy atom. The lowest BCUT2D eigenvalue weighted by Gasteiger charge is -2.39. The molecule has 0 aromatic carbocycles. The zero-order valence-electron chi connectivity index (χ0n) is 8.83. The van der Waals surface area contributed by atoms with Gasteiger partial charge in [0, 0.05) is 5.88 Å². The van der Waals surface area contributed by atoms with Gasteiger partial charge in [-0.2, -0.15) is 0 Å². The first kappa shape index (κ1) is 11.3. The van der Waals surface area contributed by atoms with Crippen LogP contribution in [0.25, 0.3) is 0 Å². The third-order valence-electron chi connectivity index (χ3n) is 3.51. The van der Waals surface area contributed by atoms with Gasteiger partial charge in [0.05, 0.1) is 6.10 Å². The summed E-state index contributed by atoms with van der Waals surface area (Å²) in [6.45, 7) is 6.58. The van der Waals surface area contributed by atoms with E-state index < -0.39 is 0 Å². The molecule has 1 aliphatic carbocycles. The minimum absolute atomic E-state index is 0.105. The molecular weight excluding hydrogens is 184 g/mol. The van der Waals surface area contributed by atoms with E-state index in [0.29, 0.717) is 23.7 Å². The van der Waals surface area contributed by atoms with Crippen LogP contribution >= 0.6 is 11.6 Å². The van der Waals surface area contributed by atoms with Crippen LogP contribution in [0.1, 0.15) is 33.6 Å². The molecule has 2 unspecified atom stereocenters. The highest BCUT2D eigenvalue weighted by Gasteiger charge is 2.34. The van der Waals surface area contributed by atoms with E-state index in [2.05, 4.69) is 20.8 Å². The van der Waals surface area contributed by atoms with Gasteiger partial charge >= 0.3 is 0 Å². The molecule has 13 heavy (non-hydrogen) atoms. The van der Waals surface area contributed by atoms with E-state index in [1.54, 1.807) is 0 Å². The van der Waals surface area contributed by atoms with Crippen LogP contribution < -0.4 is 0 Å². The third-order valence-corrected chi connectivity index (χ3v) is 3.90. The Morgan fingerprint density at radius 3 is 2.46 bits per heavy atom. The number of hydrogen-bond donors (Lipinski definition) is 1. The maximum atomic E-state index is 9.77. The van der Waals surface area contributed by atoms with E-state index in [1.165, 1.54) is 0 Å². The molecule has 1 rings (SSSR count). The number of aliphatic hydroxyl groups is 1. The molecule has 0 bridgehead atoms. The van der Waals surface area contributed by atoms with Gasteiger partial charge in [-0.25, -0.2) is 0 Å². The molecule has 0 heterocycles. The average Bonchev–Trinajstić information content (AvgIpc) is 2.08. The van der Waals surface area contributed by atoms with Gasteiger partial charge in [0.15, 0.2) is 0 Å². The lowest BCUT2D eigenvalue weighted by atomic mass is 9.69. The summed E-state index contributed by atoms with van der Waals surface area (Å²) in [7, 11) is 0. The highest BCUT2D eigenvalue weighted by atomic mass is 35.5. The summed E-state index contributed by atoms with van der Waals surface area (Å²) in [5.41, 5.74) is 0. The van der Waals surface area contributed by atoms with Gasteiger partial charge in [0.25, 0.3) is 0 Å². The van der Waals surface area contributed by atoms with E-state index >= 15 is 0 Å². The molecule has 4 atom stereocenters.